The number of benzene rings is 3. The molecule has 3 aromatic carbocycles. The van der Waals surface area contributed by atoms with Gasteiger partial charge < -0.3 is 0 Å². The van der Waals surface area contributed by atoms with E-state index in [2.05, 4.69) is 145 Å². The Morgan fingerprint density at radius 1 is 0.575 bits per heavy atom. The van der Waals surface area contributed by atoms with E-state index in [-0.39, 0.29) is 11.1 Å². The van der Waals surface area contributed by atoms with Gasteiger partial charge in [-0.3, -0.25) is 0 Å². The molecular formula is C38H38N2+2. The number of rotatable bonds is 6. The zero-order chi connectivity index (χ0) is 27.3. The van der Waals surface area contributed by atoms with E-state index in [1.54, 1.807) is 0 Å². The first-order valence-electron chi connectivity index (χ1n) is 15.1. The molecule has 2 heteroatoms. The molecule has 4 heterocycles. The van der Waals surface area contributed by atoms with Crippen molar-refractivity contribution in [2.45, 2.75) is 64.0 Å². The Balaban J connectivity index is 1.62. The highest BCUT2D eigenvalue weighted by Crippen LogP contribution is 2.55. The number of fused-ring (bicyclic) bond motifs is 11. The van der Waals surface area contributed by atoms with Crippen molar-refractivity contribution < 1.29 is 9.13 Å². The molecule has 2 aliphatic rings. The van der Waals surface area contributed by atoms with Crippen molar-refractivity contribution in [2.24, 2.45) is 0 Å². The second-order valence-corrected chi connectivity index (χ2v) is 11.5. The summed E-state index contributed by atoms with van der Waals surface area (Å²) in [7, 11) is 0. The van der Waals surface area contributed by atoms with Gasteiger partial charge in [0.25, 0.3) is 11.1 Å². The molecule has 40 heavy (non-hydrogen) atoms. The smallest absolute Gasteiger partial charge is 0.181 e. The summed E-state index contributed by atoms with van der Waals surface area (Å²) in [5, 5.41) is 0. The van der Waals surface area contributed by atoms with E-state index in [1.165, 1.54) is 63.2 Å². The second kappa shape index (κ2) is 9.55. The molecule has 198 valence electrons. The van der Waals surface area contributed by atoms with E-state index >= 15 is 0 Å². The van der Waals surface area contributed by atoms with Crippen molar-refractivity contribution in [2.75, 3.05) is 0 Å². The van der Waals surface area contributed by atoms with Crippen LogP contribution in [0, 0.1) is 0 Å². The van der Waals surface area contributed by atoms with Crippen LogP contribution in [0.1, 0.15) is 63.1 Å². The standard InChI is InChI=1S/C38H38N2/c1-4-7-15-28-24-25-39-36(26-28)32-19-12-14-21-34(32)38(6-3)37(39,5-2)33-20-13-11-18-31(33)35-23-22-30(27-40(35)38)29-16-9-8-10-17-29/h8-14,16-27H,4-7,15H2,1-3H3/q+2. The molecule has 0 saturated carbocycles. The fourth-order valence-electron chi connectivity index (χ4n) is 8.00. The van der Waals surface area contributed by atoms with Gasteiger partial charge >= 0.3 is 0 Å². The summed E-state index contributed by atoms with van der Waals surface area (Å²) >= 11 is 0. The predicted octanol–water partition coefficient (Wildman–Crippen LogP) is 8.24. The van der Waals surface area contributed by atoms with Gasteiger partial charge in [-0.15, -0.1) is 0 Å². The average molecular weight is 523 g/mol. The van der Waals surface area contributed by atoms with E-state index < -0.39 is 0 Å². The molecule has 0 bridgehead atoms. The molecule has 2 unspecified atom stereocenters. The van der Waals surface area contributed by atoms with Gasteiger partial charge in [0.1, 0.15) is 0 Å². The van der Waals surface area contributed by atoms with Crippen LogP contribution in [0.25, 0.3) is 33.6 Å². The molecule has 0 aliphatic carbocycles. The average Bonchev–Trinajstić information content (AvgIpc) is 3.03. The maximum atomic E-state index is 2.65. The Bertz CT molecular complexity index is 1720. The third-order valence-electron chi connectivity index (χ3n) is 9.72. The number of hydrogen-bond donors (Lipinski definition) is 0. The van der Waals surface area contributed by atoms with E-state index in [0.717, 1.165) is 19.3 Å². The zero-order valence-corrected chi connectivity index (χ0v) is 23.9. The van der Waals surface area contributed by atoms with Crippen LogP contribution >= 0.6 is 0 Å². The van der Waals surface area contributed by atoms with E-state index in [0.29, 0.717) is 0 Å². The zero-order valence-electron chi connectivity index (χ0n) is 23.9. The highest BCUT2D eigenvalue weighted by molar-refractivity contribution is 5.72. The minimum atomic E-state index is -0.296. The first-order chi connectivity index (χ1) is 19.7. The van der Waals surface area contributed by atoms with Crippen LogP contribution in [0.2, 0.25) is 0 Å². The molecule has 0 N–H and O–H groups in total. The normalized spacial score (nSPS) is 20.1. The van der Waals surface area contributed by atoms with Gasteiger partial charge in [0.15, 0.2) is 12.4 Å². The molecule has 0 saturated heterocycles. The fourth-order valence-corrected chi connectivity index (χ4v) is 8.00. The van der Waals surface area contributed by atoms with Gasteiger partial charge in [0.2, 0.25) is 11.4 Å². The number of aromatic nitrogens is 2. The summed E-state index contributed by atoms with van der Waals surface area (Å²) in [4.78, 5) is 0. The molecule has 0 fully saturated rings. The lowest BCUT2D eigenvalue weighted by molar-refractivity contribution is -0.861. The Kier molecular flexibility index (Phi) is 5.96. The number of pyridine rings is 2. The molecule has 0 amide bonds. The summed E-state index contributed by atoms with van der Waals surface area (Å²) in [6.07, 6.45) is 10.4. The van der Waals surface area contributed by atoms with Crippen LogP contribution in [0.4, 0.5) is 0 Å². The highest BCUT2D eigenvalue weighted by Gasteiger charge is 2.72. The van der Waals surface area contributed by atoms with E-state index in [9.17, 15) is 0 Å². The Labute approximate surface area is 238 Å². The molecule has 5 aromatic rings. The van der Waals surface area contributed by atoms with Gasteiger partial charge in [-0.2, -0.15) is 9.13 Å². The summed E-state index contributed by atoms with van der Waals surface area (Å²) in [5.74, 6) is 0. The molecule has 0 radical (unpaired) electrons. The van der Waals surface area contributed by atoms with Crippen LogP contribution in [0.5, 0.6) is 0 Å². The Morgan fingerprint density at radius 2 is 1.20 bits per heavy atom. The third kappa shape index (κ3) is 3.22. The molecule has 2 nitrogen and oxygen atoms in total. The van der Waals surface area contributed by atoms with Crippen LogP contribution in [-0.2, 0) is 17.5 Å². The maximum absolute atomic E-state index is 2.65. The predicted molar refractivity (Wildman–Crippen MR) is 163 cm³/mol. The molecule has 2 aromatic heterocycles. The van der Waals surface area contributed by atoms with Crippen molar-refractivity contribution in [3.8, 4) is 33.6 Å². The lowest BCUT2D eigenvalue weighted by Crippen LogP contribution is -2.81. The Hall–Kier alpha value is -4.04. The topological polar surface area (TPSA) is 7.76 Å². The molecule has 2 atom stereocenters. The number of hydrogen-bond acceptors (Lipinski definition) is 0. The van der Waals surface area contributed by atoms with E-state index in [4.69, 9.17) is 0 Å². The first kappa shape index (κ1) is 25.0. The second-order valence-electron chi connectivity index (χ2n) is 11.5. The van der Waals surface area contributed by atoms with Crippen LogP contribution in [0.15, 0.2) is 116 Å². The van der Waals surface area contributed by atoms with Crippen molar-refractivity contribution >= 4 is 0 Å². The summed E-state index contributed by atoms with van der Waals surface area (Å²) in [6, 6.07) is 38.7. The van der Waals surface area contributed by atoms with Gasteiger partial charge in [0, 0.05) is 47.7 Å². The van der Waals surface area contributed by atoms with E-state index in [1.807, 2.05) is 0 Å². The quantitative estimate of drug-likeness (QED) is 0.198. The fraction of sp³-hybridized carbons (Fsp3) is 0.263. The summed E-state index contributed by atoms with van der Waals surface area (Å²) < 4.78 is 5.30. The number of aryl methyl sites for hydroxylation is 1. The van der Waals surface area contributed by atoms with Crippen LogP contribution in [-0.4, -0.2) is 0 Å². The van der Waals surface area contributed by atoms with Gasteiger partial charge in [-0.05, 0) is 42.2 Å². The lowest BCUT2D eigenvalue weighted by atomic mass is 9.58. The first-order valence-corrected chi connectivity index (χ1v) is 15.1. The number of nitrogens with zero attached hydrogens (tertiary/aromatic N) is 2. The molecule has 2 aliphatic heterocycles. The van der Waals surface area contributed by atoms with Gasteiger partial charge in [-0.1, -0.05) is 93.9 Å². The third-order valence-corrected chi connectivity index (χ3v) is 9.72. The van der Waals surface area contributed by atoms with Crippen molar-refractivity contribution in [1.82, 2.24) is 0 Å². The highest BCUT2D eigenvalue weighted by atomic mass is 15.2. The van der Waals surface area contributed by atoms with Crippen LogP contribution < -0.4 is 9.13 Å². The Morgan fingerprint density at radius 3 is 1.88 bits per heavy atom. The monoisotopic (exact) mass is 522 g/mol. The minimum Gasteiger partial charge on any atom is -0.181 e. The largest absolute Gasteiger partial charge is 0.262 e. The molecular weight excluding hydrogens is 484 g/mol. The number of unbranched alkanes of at least 4 members (excludes halogenated alkanes) is 1. The minimum absolute atomic E-state index is 0.279. The lowest BCUT2D eigenvalue weighted by Gasteiger charge is -2.48. The summed E-state index contributed by atoms with van der Waals surface area (Å²) in [6.45, 7) is 7.06. The van der Waals surface area contributed by atoms with Crippen molar-refractivity contribution in [3.63, 3.8) is 0 Å². The van der Waals surface area contributed by atoms with Crippen molar-refractivity contribution in [3.05, 3.63) is 132 Å². The summed E-state index contributed by atoms with van der Waals surface area (Å²) in [5.41, 5.74) is 11.5. The van der Waals surface area contributed by atoms with Gasteiger partial charge in [0.05, 0.1) is 11.1 Å². The maximum Gasteiger partial charge on any atom is 0.262 e. The molecule has 7 rings (SSSR count). The van der Waals surface area contributed by atoms with Crippen molar-refractivity contribution in [1.29, 1.82) is 0 Å². The van der Waals surface area contributed by atoms with Crippen LogP contribution in [0.3, 0.4) is 0 Å². The van der Waals surface area contributed by atoms with Gasteiger partial charge in [-0.25, -0.2) is 0 Å². The molecule has 0 spiro atoms. The SMILES string of the molecule is CCCCc1cc[n+]2c(c1)-c1ccccc1C1(CC)[n+]3cc(-c4ccccc4)ccc3-c3ccccc3C21CC.